The molecule has 1 aromatic rings. The Balaban J connectivity index is 1.58. The summed E-state index contributed by atoms with van der Waals surface area (Å²) in [6.45, 7) is 8.98. The Kier molecular flexibility index (Phi) is 4.68. The van der Waals surface area contributed by atoms with Crippen molar-refractivity contribution in [2.75, 3.05) is 33.4 Å². The second-order valence-corrected chi connectivity index (χ2v) is 7.72. The van der Waals surface area contributed by atoms with Crippen LogP contribution in [0.25, 0.3) is 0 Å². The predicted octanol–water partition coefficient (Wildman–Crippen LogP) is 2.34. The number of aromatic nitrogens is 1. The van der Waals surface area contributed by atoms with Gasteiger partial charge in [-0.1, -0.05) is 0 Å². The number of rotatable bonds is 2. The van der Waals surface area contributed by atoms with Crippen LogP contribution in [0.5, 0.6) is 0 Å². The lowest BCUT2D eigenvalue weighted by atomic mass is 9.80. The third-order valence-electron chi connectivity index (χ3n) is 4.97. The van der Waals surface area contributed by atoms with Crippen LogP contribution in [-0.2, 0) is 11.3 Å². The maximum atomic E-state index is 5.53. The van der Waals surface area contributed by atoms with Gasteiger partial charge >= 0.3 is 0 Å². The van der Waals surface area contributed by atoms with Gasteiger partial charge in [0.2, 0.25) is 0 Å². The molecule has 2 fully saturated rings. The van der Waals surface area contributed by atoms with Gasteiger partial charge < -0.3 is 15.0 Å². The third-order valence-corrected chi connectivity index (χ3v) is 6.05. The van der Waals surface area contributed by atoms with Gasteiger partial charge in [-0.05, 0) is 38.5 Å². The van der Waals surface area contributed by atoms with Crippen LogP contribution in [-0.4, -0.2) is 49.2 Å². The molecule has 0 bridgehead atoms. The molecule has 1 aromatic heterocycles. The number of ether oxygens (including phenoxy) is 1. The highest BCUT2D eigenvalue weighted by Gasteiger charge is 2.40. The fraction of sp³-hybridized carbons (Fsp3) is 0.750. The lowest BCUT2D eigenvalue weighted by molar-refractivity contribution is 0.0217. The van der Waals surface area contributed by atoms with Crippen molar-refractivity contribution >= 4 is 17.3 Å². The molecule has 122 valence electrons. The highest BCUT2D eigenvalue weighted by Crippen LogP contribution is 2.39. The van der Waals surface area contributed by atoms with E-state index in [1.807, 2.05) is 7.05 Å². The molecule has 2 aliphatic rings. The Morgan fingerprint density at radius 2 is 2.14 bits per heavy atom. The highest BCUT2D eigenvalue weighted by atomic mass is 32.1. The van der Waals surface area contributed by atoms with Crippen LogP contribution in [0.2, 0.25) is 0 Å². The predicted molar refractivity (Wildman–Crippen MR) is 90.5 cm³/mol. The number of aryl methyl sites for hydroxylation is 2. The lowest BCUT2D eigenvalue weighted by Gasteiger charge is -2.33. The summed E-state index contributed by atoms with van der Waals surface area (Å²) in [6, 6.07) is 0. The number of nitrogens with zero attached hydrogens (tertiary/aromatic N) is 3. The van der Waals surface area contributed by atoms with E-state index in [1.54, 1.807) is 11.3 Å². The molecule has 0 aliphatic carbocycles. The van der Waals surface area contributed by atoms with Gasteiger partial charge in [0.15, 0.2) is 5.96 Å². The first-order valence-electron chi connectivity index (χ1n) is 8.08. The molecule has 1 N–H and O–H groups in total. The average molecular weight is 322 g/mol. The molecule has 3 rings (SSSR count). The van der Waals surface area contributed by atoms with Crippen LogP contribution in [0, 0.1) is 19.3 Å². The number of thiazole rings is 1. The van der Waals surface area contributed by atoms with Crippen molar-refractivity contribution in [2.24, 2.45) is 10.4 Å². The van der Waals surface area contributed by atoms with Crippen molar-refractivity contribution in [1.29, 1.82) is 0 Å². The number of likely N-dealkylation sites (tertiary alicyclic amines) is 1. The zero-order valence-corrected chi connectivity index (χ0v) is 14.6. The Hall–Kier alpha value is -1.14. The van der Waals surface area contributed by atoms with Crippen molar-refractivity contribution in [3.63, 3.8) is 0 Å². The molecule has 22 heavy (non-hydrogen) atoms. The SMILES string of the molecule is CN=C(NCc1nc(C)c(C)s1)N1CCC2(CCOCC2)C1. The van der Waals surface area contributed by atoms with E-state index in [9.17, 15) is 0 Å². The number of hydrogen-bond donors (Lipinski definition) is 1. The molecule has 0 radical (unpaired) electrons. The molecular weight excluding hydrogens is 296 g/mol. The van der Waals surface area contributed by atoms with Crippen molar-refractivity contribution in [2.45, 2.75) is 39.7 Å². The number of nitrogens with one attached hydrogen (secondary N) is 1. The summed E-state index contributed by atoms with van der Waals surface area (Å²) in [5, 5.41) is 4.62. The zero-order valence-electron chi connectivity index (χ0n) is 13.8. The number of hydrogen-bond acceptors (Lipinski definition) is 4. The molecule has 2 saturated heterocycles. The van der Waals surface area contributed by atoms with Gasteiger partial charge in [0, 0.05) is 38.2 Å². The fourth-order valence-corrected chi connectivity index (χ4v) is 4.30. The minimum atomic E-state index is 0.449. The molecule has 2 aliphatic heterocycles. The standard InChI is InChI=1S/C16H26N4OS/c1-12-13(2)22-14(19-12)10-18-15(17-3)20-7-4-16(11-20)5-8-21-9-6-16/h4-11H2,1-3H3,(H,17,18). The van der Waals surface area contributed by atoms with E-state index >= 15 is 0 Å². The molecule has 6 heteroatoms. The molecule has 1 spiro atoms. The van der Waals surface area contributed by atoms with E-state index in [-0.39, 0.29) is 0 Å². The zero-order chi connectivity index (χ0) is 15.6. The van der Waals surface area contributed by atoms with Crippen LogP contribution in [0.4, 0.5) is 0 Å². The maximum Gasteiger partial charge on any atom is 0.194 e. The number of guanidine groups is 1. The number of aliphatic imine (C=N–C) groups is 1. The van der Waals surface area contributed by atoms with Crippen molar-refractivity contribution in [1.82, 2.24) is 15.2 Å². The van der Waals surface area contributed by atoms with Gasteiger partial charge in [0.05, 0.1) is 12.2 Å². The smallest absolute Gasteiger partial charge is 0.194 e. The molecular formula is C16H26N4OS. The van der Waals surface area contributed by atoms with Crippen molar-refractivity contribution in [3.8, 4) is 0 Å². The second-order valence-electron chi connectivity index (χ2n) is 6.43. The van der Waals surface area contributed by atoms with Crippen LogP contribution in [0.15, 0.2) is 4.99 Å². The highest BCUT2D eigenvalue weighted by molar-refractivity contribution is 7.11. The van der Waals surface area contributed by atoms with Crippen LogP contribution in [0.3, 0.4) is 0 Å². The van der Waals surface area contributed by atoms with Crippen LogP contribution < -0.4 is 5.32 Å². The summed E-state index contributed by atoms with van der Waals surface area (Å²) in [4.78, 5) is 12.8. The first-order valence-corrected chi connectivity index (χ1v) is 8.90. The van der Waals surface area contributed by atoms with E-state index in [0.717, 1.165) is 49.5 Å². The largest absolute Gasteiger partial charge is 0.381 e. The molecule has 0 atom stereocenters. The maximum absolute atomic E-state index is 5.53. The van der Waals surface area contributed by atoms with E-state index in [4.69, 9.17) is 4.74 Å². The fourth-order valence-electron chi connectivity index (χ4n) is 3.43. The van der Waals surface area contributed by atoms with Gasteiger partial charge in [0.25, 0.3) is 0 Å². The Labute approximate surface area is 136 Å². The summed E-state index contributed by atoms with van der Waals surface area (Å²) in [7, 11) is 1.87. The Morgan fingerprint density at radius 1 is 1.36 bits per heavy atom. The topological polar surface area (TPSA) is 49.8 Å². The van der Waals surface area contributed by atoms with Gasteiger partial charge in [0.1, 0.15) is 5.01 Å². The van der Waals surface area contributed by atoms with E-state index in [1.165, 1.54) is 24.1 Å². The van der Waals surface area contributed by atoms with Crippen molar-refractivity contribution in [3.05, 3.63) is 15.6 Å². The molecule has 5 nitrogen and oxygen atoms in total. The van der Waals surface area contributed by atoms with Crippen LogP contribution in [0.1, 0.15) is 34.8 Å². The Morgan fingerprint density at radius 3 is 2.77 bits per heavy atom. The normalized spacial score (nSPS) is 21.6. The summed E-state index contributed by atoms with van der Waals surface area (Å²) in [5.41, 5.74) is 1.59. The van der Waals surface area contributed by atoms with Gasteiger partial charge in [-0.15, -0.1) is 11.3 Å². The lowest BCUT2D eigenvalue weighted by Crippen LogP contribution is -2.42. The molecule has 3 heterocycles. The Bertz CT molecular complexity index is 529. The third kappa shape index (κ3) is 3.27. The van der Waals surface area contributed by atoms with Crippen LogP contribution >= 0.6 is 11.3 Å². The summed E-state index contributed by atoms with van der Waals surface area (Å²) < 4.78 is 5.53. The second kappa shape index (κ2) is 6.54. The van der Waals surface area contributed by atoms with E-state index in [2.05, 4.69) is 34.0 Å². The molecule has 0 aromatic carbocycles. The summed E-state index contributed by atoms with van der Waals surface area (Å²) >= 11 is 1.77. The van der Waals surface area contributed by atoms with Gasteiger partial charge in [-0.3, -0.25) is 4.99 Å². The first-order chi connectivity index (χ1) is 10.6. The molecule has 0 saturated carbocycles. The monoisotopic (exact) mass is 322 g/mol. The van der Waals surface area contributed by atoms with Crippen molar-refractivity contribution < 1.29 is 4.74 Å². The quantitative estimate of drug-likeness (QED) is 0.671. The minimum Gasteiger partial charge on any atom is -0.381 e. The first kappa shape index (κ1) is 15.7. The van der Waals surface area contributed by atoms with Gasteiger partial charge in [-0.2, -0.15) is 0 Å². The van der Waals surface area contributed by atoms with Gasteiger partial charge in [-0.25, -0.2) is 4.98 Å². The van der Waals surface area contributed by atoms with E-state index in [0.29, 0.717) is 5.41 Å². The van der Waals surface area contributed by atoms with E-state index < -0.39 is 0 Å². The molecule has 0 unspecified atom stereocenters. The molecule has 0 amide bonds. The minimum absolute atomic E-state index is 0.449. The average Bonchev–Trinajstić information content (AvgIpc) is 3.05. The summed E-state index contributed by atoms with van der Waals surface area (Å²) in [5.74, 6) is 1.01. The summed E-state index contributed by atoms with van der Waals surface area (Å²) in [6.07, 6.45) is 3.63.